The van der Waals surface area contributed by atoms with Crippen LogP contribution in [0.1, 0.15) is 28.9 Å². The first-order chi connectivity index (χ1) is 6.75. The summed E-state index contributed by atoms with van der Waals surface area (Å²) in [4.78, 5) is 11.5. The van der Waals surface area contributed by atoms with Crippen molar-refractivity contribution in [1.82, 2.24) is 5.32 Å². The van der Waals surface area contributed by atoms with Crippen molar-refractivity contribution in [3.63, 3.8) is 0 Å². The van der Waals surface area contributed by atoms with Gasteiger partial charge in [0.1, 0.15) is 0 Å². The monoisotopic (exact) mass is 191 g/mol. The molecule has 0 radical (unpaired) electrons. The molecule has 3 rings (SSSR count). The summed E-state index contributed by atoms with van der Waals surface area (Å²) in [6.45, 7) is 2.19. The highest BCUT2D eigenvalue weighted by Gasteiger charge is 2.29. The Bertz CT molecular complexity index is 428. The molecule has 0 saturated carbocycles. The SMILES string of the molecule is C[C@@H]1NC(=O)c2cc3c(cc21)OCO3. The molecular weight excluding hydrogens is 182 g/mol. The molecule has 72 valence electrons. The zero-order valence-corrected chi connectivity index (χ0v) is 7.66. The number of nitrogens with one attached hydrogen (secondary N) is 1. The second-order valence-corrected chi connectivity index (χ2v) is 3.49. The third kappa shape index (κ3) is 0.852. The van der Waals surface area contributed by atoms with Gasteiger partial charge in [0.15, 0.2) is 11.5 Å². The number of amides is 1. The minimum atomic E-state index is -0.0363. The molecule has 14 heavy (non-hydrogen) atoms. The Labute approximate surface area is 80.8 Å². The molecule has 0 bridgehead atoms. The first-order valence-electron chi connectivity index (χ1n) is 4.50. The van der Waals surface area contributed by atoms with Gasteiger partial charge in [-0.1, -0.05) is 0 Å². The van der Waals surface area contributed by atoms with Gasteiger partial charge in [0, 0.05) is 5.56 Å². The van der Waals surface area contributed by atoms with E-state index >= 15 is 0 Å². The van der Waals surface area contributed by atoms with Crippen LogP contribution in [0.2, 0.25) is 0 Å². The van der Waals surface area contributed by atoms with E-state index in [9.17, 15) is 4.79 Å². The van der Waals surface area contributed by atoms with Crippen LogP contribution in [-0.4, -0.2) is 12.7 Å². The fourth-order valence-electron chi connectivity index (χ4n) is 1.86. The van der Waals surface area contributed by atoms with E-state index in [0.717, 1.165) is 11.3 Å². The van der Waals surface area contributed by atoms with Gasteiger partial charge in [0.25, 0.3) is 5.91 Å². The van der Waals surface area contributed by atoms with Crippen molar-refractivity contribution in [3.8, 4) is 11.5 Å². The normalized spacial score (nSPS) is 22.1. The molecule has 0 unspecified atom stereocenters. The first kappa shape index (κ1) is 7.67. The van der Waals surface area contributed by atoms with Crippen molar-refractivity contribution < 1.29 is 14.3 Å². The van der Waals surface area contributed by atoms with Crippen LogP contribution < -0.4 is 14.8 Å². The van der Waals surface area contributed by atoms with Crippen LogP contribution in [0.3, 0.4) is 0 Å². The molecule has 1 aromatic rings. The lowest BCUT2D eigenvalue weighted by atomic mass is 10.1. The van der Waals surface area contributed by atoms with Gasteiger partial charge >= 0.3 is 0 Å². The molecule has 0 fully saturated rings. The maximum absolute atomic E-state index is 11.5. The van der Waals surface area contributed by atoms with Crippen LogP contribution in [0, 0.1) is 0 Å². The summed E-state index contributed by atoms with van der Waals surface area (Å²) in [6, 6.07) is 3.68. The quantitative estimate of drug-likeness (QED) is 0.670. The topological polar surface area (TPSA) is 47.6 Å². The van der Waals surface area contributed by atoms with E-state index in [2.05, 4.69) is 5.32 Å². The van der Waals surface area contributed by atoms with Gasteiger partial charge in [-0.15, -0.1) is 0 Å². The molecule has 4 heteroatoms. The second-order valence-electron chi connectivity index (χ2n) is 3.49. The van der Waals surface area contributed by atoms with E-state index in [1.807, 2.05) is 13.0 Å². The van der Waals surface area contributed by atoms with Gasteiger partial charge in [0.05, 0.1) is 6.04 Å². The molecule has 0 spiro atoms. The van der Waals surface area contributed by atoms with E-state index in [4.69, 9.17) is 9.47 Å². The van der Waals surface area contributed by atoms with Crippen LogP contribution in [-0.2, 0) is 0 Å². The Morgan fingerprint density at radius 1 is 1.36 bits per heavy atom. The zero-order chi connectivity index (χ0) is 9.71. The Morgan fingerprint density at radius 3 is 2.86 bits per heavy atom. The summed E-state index contributed by atoms with van der Waals surface area (Å²) in [5.41, 5.74) is 1.68. The van der Waals surface area contributed by atoms with Gasteiger partial charge in [-0.25, -0.2) is 0 Å². The van der Waals surface area contributed by atoms with Crippen LogP contribution in [0.15, 0.2) is 12.1 Å². The lowest BCUT2D eigenvalue weighted by Crippen LogP contribution is -2.16. The summed E-state index contributed by atoms with van der Waals surface area (Å²) >= 11 is 0. The van der Waals surface area contributed by atoms with Gasteiger partial charge in [-0.2, -0.15) is 0 Å². The fourth-order valence-corrected chi connectivity index (χ4v) is 1.86. The number of benzene rings is 1. The van der Waals surface area contributed by atoms with Gasteiger partial charge in [0.2, 0.25) is 6.79 Å². The average molecular weight is 191 g/mol. The summed E-state index contributed by atoms with van der Waals surface area (Å²) in [7, 11) is 0. The molecular formula is C10H9NO3. The maximum Gasteiger partial charge on any atom is 0.252 e. The number of hydrogen-bond donors (Lipinski definition) is 1. The van der Waals surface area contributed by atoms with E-state index in [1.165, 1.54) is 0 Å². The van der Waals surface area contributed by atoms with Crippen LogP contribution in [0.5, 0.6) is 11.5 Å². The fraction of sp³-hybridized carbons (Fsp3) is 0.300. The average Bonchev–Trinajstić information content (AvgIpc) is 2.70. The third-order valence-electron chi connectivity index (χ3n) is 2.60. The highest BCUT2D eigenvalue weighted by molar-refractivity contribution is 5.99. The lowest BCUT2D eigenvalue weighted by molar-refractivity contribution is 0.0958. The Morgan fingerprint density at radius 2 is 2.07 bits per heavy atom. The number of carbonyl (C=O) groups is 1. The zero-order valence-electron chi connectivity index (χ0n) is 7.66. The van der Waals surface area contributed by atoms with Crippen molar-refractivity contribution in [3.05, 3.63) is 23.3 Å². The highest BCUT2D eigenvalue weighted by atomic mass is 16.7. The van der Waals surface area contributed by atoms with Crippen molar-refractivity contribution >= 4 is 5.91 Å². The molecule has 2 aliphatic rings. The van der Waals surface area contributed by atoms with E-state index in [-0.39, 0.29) is 18.7 Å². The van der Waals surface area contributed by atoms with Crippen molar-refractivity contribution in [2.75, 3.05) is 6.79 Å². The first-order valence-corrected chi connectivity index (χ1v) is 4.50. The maximum atomic E-state index is 11.5. The molecule has 0 saturated heterocycles. The Balaban J connectivity index is 2.22. The molecule has 1 aromatic carbocycles. The predicted molar refractivity (Wildman–Crippen MR) is 48.4 cm³/mol. The molecule has 0 aliphatic carbocycles. The molecule has 0 aromatic heterocycles. The van der Waals surface area contributed by atoms with Crippen molar-refractivity contribution in [2.45, 2.75) is 13.0 Å². The molecule has 2 heterocycles. The highest BCUT2D eigenvalue weighted by Crippen LogP contribution is 2.38. The summed E-state index contributed by atoms with van der Waals surface area (Å²) in [5.74, 6) is 1.35. The van der Waals surface area contributed by atoms with E-state index in [1.54, 1.807) is 6.07 Å². The number of carbonyl (C=O) groups excluding carboxylic acids is 1. The minimum Gasteiger partial charge on any atom is -0.454 e. The van der Waals surface area contributed by atoms with Gasteiger partial charge in [-0.05, 0) is 24.6 Å². The summed E-state index contributed by atoms with van der Waals surface area (Å²) in [6.07, 6.45) is 0. The molecule has 4 nitrogen and oxygen atoms in total. The number of fused-ring (bicyclic) bond motifs is 2. The number of hydrogen-bond acceptors (Lipinski definition) is 3. The van der Waals surface area contributed by atoms with E-state index < -0.39 is 0 Å². The summed E-state index contributed by atoms with van der Waals surface area (Å²) < 4.78 is 10.5. The molecule has 1 atom stereocenters. The lowest BCUT2D eigenvalue weighted by Gasteiger charge is -2.03. The second kappa shape index (κ2) is 2.41. The largest absolute Gasteiger partial charge is 0.454 e. The van der Waals surface area contributed by atoms with Crippen molar-refractivity contribution in [1.29, 1.82) is 0 Å². The van der Waals surface area contributed by atoms with Crippen LogP contribution in [0.4, 0.5) is 0 Å². The summed E-state index contributed by atoms with van der Waals surface area (Å²) in [5, 5.41) is 2.83. The molecule has 1 N–H and O–H groups in total. The van der Waals surface area contributed by atoms with E-state index in [0.29, 0.717) is 11.3 Å². The molecule has 1 amide bonds. The van der Waals surface area contributed by atoms with Crippen molar-refractivity contribution in [2.24, 2.45) is 0 Å². The smallest absolute Gasteiger partial charge is 0.252 e. The van der Waals surface area contributed by atoms with Crippen LogP contribution in [0.25, 0.3) is 0 Å². The van der Waals surface area contributed by atoms with Gasteiger partial charge < -0.3 is 14.8 Å². The minimum absolute atomic E-state index is 0.0363. The number of ether oxygens (including phenoxy) is 2. The Kier molecular flexibility index (Phi) is 1.32. The molecule has 2 aliphatic heterocycles. The Hall–Kier alpha value is -1.71. The van der Waals surface area contributed by atoms with Gasteiger partial charge in [-0.3, -0.25) is 4.79 Å². The van der Waals surface area contributed by atoms with Crippen LogP contribution >= 0.6 is 0 Å². The predicted octanol–water partition coefficient (Wildman–Crippen LogP) is 1.22. The third-order valence-corrected chi connectivity index (χ3v) is 2.60. The number of rotatable bonds is 0. The standard InChI is InChI=1S/C10H9NO3/c1-5-6-2-8-9(14-4-13-8)3-7(6)10(12)11-5/h2-3,5H,4H2,1H3,(H,11,12)/t5-/m0/s1.